The van der Waals surface area contributed by atoms with Crippen LogP contribution in [0.3, 0.4) is 0 Å². The Morgan fingerprint density at radius 1 is 0.783 bits per heavy atom. The van der Waals surface area contributed by atoms with Crippen molar-refractivity contribution in [3.05, 3.63) is 12.8 Å². The molecule has 0 fully saturated rings. The van der Waals surface area contributed by atoms with Crippen molar-refractivity contribution in [1.82, 2.24) is 0 Å². The Morgan fingerprint density at radius 2 is 1.22 bits per heavy atom. The molecule has 0 radical (unpaired) electrons. The number of hydrogen-bond acceptors (Lipinski definition) is 8. The summed E-state index contributed by atoms with van der Waals surface area (Å²) < 4.78 is 30.9. The number of carbonyl (C=O) groups is 1. The van der Waals surface area contributed by atoms with E-state index in [0.29, 0.717) is 66.0 Å². The van der Waals surface area contributed by atoms with Gasteiger partial charge in [0.25, 0.3) is 0 Å². The van der Waals surface area contributed by atoms with Crippen molar-refractivity contribution in [3.8, 4) is 0 Å². The molecule has 0 aliphatic rings. The molecule has 0 saturated heterocycles. The first-order valence-electron chi connectivity index (χ1n) is 7.70. The third kappa shape index (κ3) is 18.8. The fourth-order valence-electron chi connectivity index (χ4n) is 1.36. The molecule has 0 saturated carbocycles. The van der Waals surface area contributed by atoms with Gasteiger partial charge in [0.15, 0.2) is 0 Å². The Labute approximate surface area is 137 Å². The maximum atomic E-state index is 11.0. The largest absolute Gasteiger partial charge is 0.499 e. The smallest absolute Gasteiger partial charge is 0.307 e. The summed E-state index contributed by atoms with van der Waals surface area (Å²) in [6, 6.07) is 0. The van der Waals surface area contributed by atoms with Crippen molar-refractivity contribution in [3.63, 3.8) is 0 Å². The van der Waals surface area contributed by atoms with Crippen LogP contribution in [-0.2, 0) is 33.2 Å². The number of hydrogen-bond donors (Lipinski definition) is 1. The van der Waals surface area contributed by atoms with E-state index in [4.69, 9.17) is 34.2 Å². The number of ether oxygens (including phenoxy) is 6. The maximum absolute atomic E-state index is 11.0. The normalized spacial score (nSPS) is 10.5. The molecule has 0 aliphatic heterocycles. The number of carbonyl (C=O) groups excluding carboxylic acids is 1. The predicted octanol–water partition coefficient (Wildman–Crippen LogP) is 0.105. The van der Waals surface area contributed by atoms with Gasteiger partial charge in [-0.2, -0.15) is 0 Å². The van der Waals surface area contributed by atoms with Crippen LogP contribution in [0.5, 0.6) is 0 Å². The Morgan fingerprint density at radius 3 is 1.65 bits per heavy atom. The van der Waals surface area contributed by atoms with Crippen LogP contribution >= 0.6 is 0 Å². The van der Waals surface area contributed by atoms with E-state index in [2.05, 4.69) is 6.58 Å². The molecule has 0 aliphatic carbocycles. The first-order chi connectivity index (χ1) is 11.3. The highest BCUT2D eigenvalue weighted by molar-refractivity contribution is 5.69. The fraction of sp³-hybridized carbons (Fsp3) is 0.800. The van der Waals surface area contributed by atoms with Crippen LogP contribution < -0.4 is 5.73 Å². The molecular weight excluding hydrogens is 306 g/mol. The van der Waals surface area contributed by atoms with E-state index in [1.807, 2.05) is 0 Å². The van der Waals surface area contributed by atoms with Crippen molar-refractivity contribution in [1.29, 1.82) is 0 Å². The molecule has 2 N–H and O–H groups in total. The summed E-state index contributed by atoms with van der Waals surface area (Å²) >= 11 is 0. The highest BCUT2D eigenvalue weighted by Crippen LogP contribution is 1.86. The van der Waals surface area contributed by atoms with Gasteiger partial charge in [-0.3, -0.25) is 4.79 Å². The zero-order chi connectivity index (χ0) is 17.0. The average molecular weight is 335 g/mol. The van der Waals surface area contributed by atoms with Crippen molar-refractivity contribution in [2.45, 2.75) is 6.42 Å². The van der Waals surface area contributed by atoms with Gasteiger partial charge in [0.2, 0.25) is 0 Å². The number of esters is 1. The SMILES string of the molecule is C=COCCOCCOCCOCCOCCOC(=O)CCN. The summed E-state index contributed by atoms with van der Waals surface area (Å²) in [4.78, 5) is 11.0. The minimum Gasteiger partial charge on any atom is -0.499 e. The summed E-state index contributed by atoms with van der Waals surface area (Å²) in [7, 11) is 0. The summed E-state index contributed by atoms with van der Waals surface area (Å²) in [5.41, 5.74) is 5.22. The zero-order valence-electron chi connectivity index (χ0n) is 13.7. The van der Waals surface area contributed by atoms with E-state index in [9.17, 15) is 4.79 Å². The van der Waals surface area contributed by atoms with Crippen LogP contribution in [0.15, 0.2) is 12.8 Å². The third-order valence-electron chi connectivity index (χ3n) is 2.42. The Bertz CT molecular complexity index is 277. The standard InChI is InChI=1S/C15H29NO7/c1-2-18-5-6-19-7-8-20-9-10-21-11-12-22-13-14-23-15(17)3-4-16/h2H,1,3-14,16H2. The van der Waals surface area contributed by atoms with E-state index >= 15 is 0 Å². The minimum absolute atomic E-state index is 0.233. The molecule has 0 atom stereocenters. The molecule has 0 amide bonds. The first kappa shape index (κ1) is 21.8. The van der Waals surface area contributed by atoms with Gasteiger partial charge in [0, 0.05) is 6.54 Å². The highest BCUT2D eigenvalue weighted by atomic mass is 16.6. The van der Waals surface area contributed by atoms with Gasteiger partial charge in [-0.25, -0.2) is 0 Å². The van der Waals surface area contributed by atoms with Crippen LogP contribution in [0.25, 0.3) is 0 Å². The fourth-order valence-corrected chi connectivity index (χ4v) is 1.36. The first-order valence-corrected chi connectivity index (χ1v) is 7.70. The zero-order valence-corrected chi connectivity index (χ0v) is 13.7. The van der Waals surface area contributed by atoms with E-state index in [-0.39, 0.29) is 19.0 Å². The number of rotatable bonds is 18. The van der Waals surface area contributed by atoms with Crippen LogP contribution in [0.1, 0.15) is 6.42 Å². The summed E-state index contributed by atoms with van der Waals surface area (Å²) in [5, 5.41) is 0. The molecule has 0 aromatic rings. The predicted molar refractivity (Wildman–Crippen MR) is 84.1 cm³/mol. The molecule has 23 heavy (non-hydrogen) atoms. The lowest BCUT2D eigenvalue weighted by molar-refractivity contribution is -0.145. The van der Waals surface area contributed by atoms with Crippen LogP contribution in [0.2, 0.25) is 0 Å². The van der Waals surface area contributed by atoms with Crippen molar-refractivity contribution >= 4 is 5.97 Å². The average Bonchev–Trinajstić information content (AvgIpc) is 2.54. The summed E-state index contributed by atoms with van der Waals surface area (Å²) in [6.45, 7) is 8.28. The van der Waals surface area contributed by atoms with Gasteiger partial charge in [-0.05, 0) is 0 Å². The second-order valence-corrected chi connectivity index (χ2v) is 4.25. The lowest BCUT2D eigenvalue weighted by Gasteiger charge is -2.08. The van der Waals surface area contributed by atoms with E-state index in [1.54, 1.807) is 0 Å². The molecule has 0 spiro atoms. The molecule has 8 heteroatoms. The molecule has 0 unspecified atom stereocenters. The van der Waals surface area contributed by atoms with Gasteiger partial charge in [-0.1, -0.05) is 6.58 Å². The van der Waals surface area contributed by atoms with Crippen molar-refractivity contribution < 1.29 is 33.2 Å². The minimum atomic E-state index is -0.304. The number of nitrogens with two attached hydrogens (primary N) is 1. The molecular formula is C15H29NO7. The molecule has 0 aromatic carbocycles. The summed E-state index contributed by atoms with van der Waals surface area (Å²) in [5.74, 6) is -0.304. The van der Waals surface area contributed by atoms with E-state index in [1.165, 1.54) is 6.26 Å². The van der Waals surface area contributed by atoms with Gasteiger partial charge < -0.3 is 34.2 Å². The van der Waals surface area contributed by atoms with Gasteiger partial charge in [0.05, 0.1) is 65.5 Å². The Balaban J connectivity index is 3.02. The molecule has 8 nitrogen and oxygen atoms in total. The second-order valence-electron chi connectivity index (χ2n) is 4.25. The molecule has 0 heterocycles. The van der Waals surface area contributed by atoms with Crippen molar-refractivity contribution in [2.75, 3.05) is 72.6 Å². The van der Waals surface area contributed by atoms with Gasteiger partial charge >= 0.3 is 5.97 Å². The topological polar surface area (TPSA) is 98.5 Å². The molecule has 0 bridgehead atoms. The van der Waals surface area contributed by atoms with E-state index < -0.39 is 0 Å². The monoisotopic (exact) mass is 335 g/mol. The Hall–Kier alpha value is -1.19. The van der Waals surface area contributed by atoms with E-state index in [0.717, 1.165) is 0 Å². The second kappa shape index (κ2) is 18.9. The molecule has 0 rings (SSSR count). The Kier molecular flexibility index (Phi) is 17.9. The van der Waals surface area contributed by atoms with Gasteiger partial charge in [0.1, 0.15) is 13.2 Å². The molecule has 136 valence electrons. The van der Waals surface area contributed by atoms with Crippen LogP contribution in [-0.4, -0.2) is 78.6 Å². The maximum Gasteiger partial charge on any atom is 0.307 e. The highest BCUT2D eigenvalue weighted by Gasteiger charge is 1.99. The van der Waals surface area contributed by atoms with Crippen molar-refractivity contribution in [2.24, 2.45) is 5.73 Å². The quantitative estimate of drug-likeness (QED) is 0.214. The van der Waals surface area contributed by atoms with Crippen LogP contribution in [0.4, 0.5) is 0 Å². The van der Waals surface area contributed by atoms with Gasteiger partial charge in [-0.15, -0.1) is 0 Å². The summed E-state index contributed by atoms with van der Waals surface area (Å²) in [6.07, 6.45) is 1.62. The lowest BCUT2D eigenvalue weighted by Crippen LogP contribution is -2.16. The molecule has 0 aromatic heterocycles. The van der Waals surface area contributed by atoms with Crippen LogP contribution in [0, 0.1) is 0 Å². The lowest BCUT2D eigenvalue weighted by atomic mass is 10.4. The third-order valence-corrected chi connectivity index (χ3v) is 2.42.